The van der Waals surface area contributed by atoms with Crippen molar-refractivity contribution in [1.82, 2.24) is 14.5 Å². The lowest BCUT2D eigenvalue weighted by atomic mass is 10.1. The minimum atomic E-state index is 0.617. The van der Waals surface area contributed by atoms with E-state index in [-0.39, 0.29) is 0 Å². The topological polar surface area (TPSA) is 66.5 Å². The molecule has 0 aliphatic rings. The zero-order valence-corrected chi connectivity index (χ0v) is 10.5. The first-order valence-electron chi connectivity index (χ1n) is 5.78. The van der Waals surface area contributed by atoms with Crippen LogP contribution in [0, 0.1) is 25.2 Å². The van der Waals surface area contributed by atoms with Crippen LogP contribution < -0.4 is 5.32 Å². The van der Waals surface area contributed by atoms with Crippen molar-refractivity contribution in [3.8, 4) is 6.07 Å². The van der Waals surface area contributed by atoms with E-state index in [1.807, 2.05) is 30.7 Å². The molecule has 0 radical (unpaired) electrons. The molecule has 2 aromatic rings. The number of pyridine rings is 1. The van der Waals surface area contributed by atoms with Crippen LogP contribution >= 0.6 is 0 Å². The van der Waals surface area contributed by atoms with Gasteiger partial charge >= 0.3 is 0 Å². The van der Waals surface area contributed by atoms with Gasteiger partial charge in [0.05, 0.1) is 11.9 Å². The van der Waals surface area contributed by atoms with Gasteiger partial charge in [-0.2, -0.15) is 5.26 Å². The summed E-state index contributed by atoms with van der Waals surface area (Å²) in [5.74, 6) is 0.662. The quantitative estimate of drug-likeness (QED) is 0.887. The van der Waals surface area contributed by atoms with Crippen LogP contribution in [-0.2, 0) is 6.54 Å². The summed E-state index contributed by atoms with van der Waals surface area (Å²) in [5, 5.41) is 12.3. The lowest BCUT2D eigenvalue weighted by molar-refractivity contribution is 0.725. The van der Waals surface area contributed by atoms with Crippen LogP contribution in [-0.4, -0.2) is 21.1 Å². The van der Waals surface area contributed by atoms with Gasteiger partial charge in [0.1, 0.15) is 11.9 Å². The lowest BCUT2D eigenvalue weighted by Crippen LogP contribution is -2.12. The number of aryl methyl sites for hydroxylation is 2. The van der Waals surface area contributed by atoms with Gasteiger partial charge in [0.25, 0.3) is 0 Å². The van der Waals surface area contributed by atoms with Crippen LogP contribution in [0.15, 0.2) is 24.8 Å². The second-order valence-corrected chi connectivity index (χ2v) is 4.14. The highest BCUT2D eigenvalue weighted by molar-refractivity contribution is 5.56. The Balaban J connectivity index is 2.07. The van der Waals surface area contributed by atoms with E-state index in [1.54, 1.807) is 12.5 Å². The van der Waals surface area contributed by atoms with Gasteiger partial charge in [-0.1, -0.05) is 0 Å². The number of aromatic nitrogens is 3. The Morgan fingerprint density at radius 1 is 1.44 bits per heavy atom. The zero-order valence-electron chi connectivity index (χ0n) is 10.5. The molecule has 0 aliphatic heterocycles. The number of rotatable bonds is 4. The minimum Gasteiger partial charge on any atom is -0.367 e. The normalized spacial score (nSPS) is 10.1. The monoisotopic (exact) mass is 241 g/mol. The third-order valence-corrected chi connectivity index (χ3v) is 2.68. The van der Waals surface area contributed by atoms with E-state index in [1.165, 1.54) is 0 Å². The maximum atomic E-state index is 9.13. The molecule has 2 heterocycles. The molecule has 0 atom stereocenters. The van der Waals surface area contributed by atoms with Crippen molar-refractivity contribution >= 4 is 5.82 Å². The van der Waals surface area contributed by atoms with Crippen molar-refractivity contribution in [1.29, 1.82) is 5.26 Å². The van der Waals surface area contributed by atoms with Gasteiger partial charge in [-0.05, 0) is 25.5 Å². The average molecular weight is 241 g/mol. The van der Waals surface area contributed by atoms with Crippen molar-refractivity contribution < 1.29 is 0 Å². The summed E-state index contributed by atoms with van der Waals surface area (Å²) in [6, 6.07) is 4.11. The summed E-state index contributed by atoms with van der Waals surface area (Å²) in [6.07, 6.45) is 5.42. The van der Waals surface area contributed by atoms with Gasteiger partial charge in [0, 0.05) is 31.2 Å². The van der Waals surface area contributed by atoms with Crippen LogP contribution in [0.4, 0.5) is 5.82 Å². The maximum absolute atomic E-state index is 9.13. The molecule has 0 amide bonds. The molecule has 0 aliphatic carbocycles. The largest absolute Gasteiger partial charge is 0.367 e. The van der Waals surface area contributed by atoms with Crippen LogP contribution in [0.1, 0.15) is 16.8 Å². The summed E-state index contributed by atoms with van der Waals surface area (Å²) < 4.78 is 1.97. The summed E-state index contributed by atoms with van der Waals surface area (Å²) in [7, 11) is 0. The Bertz CT molecular complexity index is 566. The predicted octanol–water partition coefficient (Wildman–Crippen LogP) is 1.88. The number of hydrogen-bond acceptors (Lipinski definition) is 4. The molecular formula is C13H15N5. The maximum Gasteiger partial charge on any atom is 0.144 e. The first kappa shape index (κ1) is 12.1. The van der Waals surface area contributed by atoms with E-state index in [2.05, 4.69) is 21.4 Å². The molecule has 2 rings (SSSR count). The number of anilines is 1. The van der Waals surface area contributed by atoms with Crippen LogP contribution in [0.25, 0.3) is 0 Å². The van der Waals surface area contributed by atoms with Crippen LogP contribution in [0.2, 0.25) is 0 Å². The molecule has 0 unspecified atom stereocenters. The minimum absolute atomic E-state index is 0.617. The SMILES string of the molecule is Cc1cc(C)c(C#N)c(NCCn2ccnc2)n1. The molecule has 0 saturated carbocycles. The van der Waals surface area contributed by atoms with Crippen molar-refractivity contribution in [2.24, 2.45) is 0 Å². The highest BCUT2D eigenvalue weighted by Crippen LogP contribution is 2.17. The molecule has 0 bridgehead atoms. The van der Waals surface area contributed by atoms with Gasteiger partial charge in [0.2, 0.25) is 0 Å². The predicted molar refractivity (Wildman–Crippen MR) is 69.1 cm³/mol. The van der Waals surface area contributed by atoms with E-state index < -0.39 is 0 Å². The highest BCUT2D eigenvalue weighted by atomic mass is 15.1. The Hall–Kier alpha value is -2.35. The molecule has 0 aromatic carbocycles. The van der Waals surface area contributed by atoms with E-state index in [0.29, 0.717) is 17.9 Å². The average Bonchev–Trinajstić information content (AvgIpc) is 2.81. The van der Waals surface area contributed by atoms with Gasteiger partial charge in [-0.3, -0.25) is 0 Å². The number of imidazole rings is 1. The second-order valence-electron chi connectivity index (χ2n) is 4.14. The molecule has 5 nitrogen and oxygen atoms in total. The van der Waals surface area contributed by atoms with Gasteiger partial charge in [-0.15, -0.1) is 0 Å². The molecular weight excluding hydrogens is 226 g/mol. The van der Waals surface area contributed by atoms with Crippen molar-refractivity contribution in [2.75, 3.05) is 11.9 Å². The van der Waals surface area contributed by atoms with E-state index in [9.17, 15) is 0 Å². The van der Waals surface area contributed by atoms with E-state index in [4.69, 9.17) is 5.26 Å². The third kappa shape index (κ3) is 2.66. The van der Waals surface area contributed by atoms with Crippen molar-refractivity contribution in [2.45, 2.75) is 20.4 Å². The Kier molecular flexibility index (Phi) is 3.58. The Morgan fingerprint density at radius 3 is 2.94 bits per heavy atom. The van der Waals surface area contributed by atoms with Gasteiger partial charge < -0.3 is 9.88 Å². The van der Waals surface area contributed by atoms with E-state index in [0.717, 1.165) is 17.8 Å². The fourth-order valence-electron chi connectivity index (χ4n) is 1.83. The summed E-state index contributed by atoms with van der Waals surface area (Å²) in [4.78, 5) is 8.34. The summed E-state index contributed by atoms with van der Waals surface area (Å²) in [5.41, 5.74) is 2.48. The molecule has 18 heavy (non-hydrogen) atoms. The number of hydrogen-bond donors (Lipinski definition) is 1. The Labute approximate surface area is 106 Å². The number of nitrogens with one attached hydrogen (secondary N) is 1. The third-order valence-electron chi connectivity index (χ3n) is 2.68. The molecule has 1 N–H and O–H groups in total. The summed E-state index contributed by atoms with van der Waals surface area (Å²) in [6.45, 7) is 5.35. The molecule has 2 aromatic heterocycles. The molecule has 0 spiro atoms. The number of nitrogens with zero attached hydrogens (tertiary/aromatic N) is 4. The van der Waals surface area contributed by atoms with Crippen molar-refractivity contribution in [3.63, 3.8) is 0 Å². The smallest absolute Gasteiger partial charge is 0.144 e. The number of nitriles is 1. The molecule has 5 heteroatoms. The van der Waals surface area contributed by atoms with Crippen LogP contribution in [0.5, 0.6) is 0 Å². The Morgan fingerprint density at radius 2 is 2.28 bits per heavy atom. The zero-order chi connectivity index (χ0) is 13.0. The van der Waals surface area contributed by atoms with Gasteiger partial charge in [0.15, 0.2) is 0 Å². The molecule has 0 saturated heterocycles. The highest BCUT2D eigenvalue weighted by Gasteiger charge is 2.07. The van der Waals surface area contributed by atoms with Crippen molar-refractivity contribution in [3.05, 3.63) is 41.6 Å². The molecule has 92 valence electrons. The first-order chi connectivity index (χ1) is 8.70. The lowest BCUT2D eigenvalue weighted by Gasteiger charge is -2.10. The van der Waals surface area contributed by atoms with Crippen LogP contribution in [0.3, 0.4) is 0 Å². The second kappa shape index (κ2) is 5.32. The first-order valence-corrected chi connectivity index (χ1v) is 5.78. The fourth-order valence-corrected chi connectivity index (χ4v) is 1.83. The standard InChI is InChI=1S/C13H15N5/c1-10-7-11(2)17-13(12(10)8-14)16-4-6-18-5-3-15-9-18/h3,5,7,9H,4,6H2,1-2H3,(H,16,17). The molecule has 0 fully saturated rings. The summed E-state index contributed by atoms with van der Waals surface area (Å²) >= 11 is 0. The van der Waals surface area contributed by atoms with Gasteiger partial charge in [-0.25, -0.2) is 9.97 Å². The fraction of sp³-hybridized carbons (Fsp3) is 0.308. The van der Waals surface area contributed by atoms with E-state index >= 15 is 0 Å².